The molecule has 2 heterocycles. The molecule has 1 aliphatic heterocycles. The molecule has 23 heavy (non-hydrogen) atoms. The molecule has 2 N–H and O–H groups in total. The number of thioether (sulfide) groups is 1. The summed E-state index contributed by atoms with van der Waals surface area (Å²) in [5, 5.41) is 16.1. The molecule has 7 heteroatoms. The number of hydrogen-bond acceptors (Lipinski definition) is 4. The van der Waals surface area contributed by atoms with Gasteiger partial charge < -0.3 is 10.4 Å². The molecule has 0 fully saturated rings. The van der Waals surface area contributed by atoms with Gasteiger partial charge in [0.05, 0.1) is 17.8 Å². The van der Waals surface area contributed by atoms with E-state index in [0.29, 0.717) is 11.4 Å². The van der Waals surface area contributed by atoms with E-state index in [4.69, 9.17) is 0 Å². The van der Waals surface area contributed by atoms with Crippen LogP contribution in [-0.2, 0) is 15.1 Å². The first-order valence-corrected chi connectivity index (χ1v) is 8.19. The molecule has 0 spiro atoms. The Morgan fingerprint density at radius 3 is 2.87 bits per heavy atom. The Kier molecular flexibility index (Phi) is 3.89. The maximum absolute atomic E-state index is 12.5. The summed E-state index contributed by atoms with van der Waals surface area (Å²) in [6.07, 6.45) is 3.01. The second-order valence-electron chi connectivity index (χ2n) is 5.93. The van der Waals surface area contributed by atoms with E-state index < -0.39 is 11.5 Å². The molecule has 0 saturated carbocycles. The summed E-state index contributed by atoms with van der Waals surface area (Å²) in [6, 6.07) is 7.87. The van der Waals surface area contributed by atoms with Crippen molar-refractivity contribution in [3.8, 4) is 0 Å². The van der Waals surface area contributed by atoms with Crippen LogP contribution in [-0.4, -0.2) is 32.5 Å². The van der Waals surface area contributed by atoms with Gasteiger partial charge >= 0.3 is 5.97 Å². The summed E-state index contributed by atoms with van der Waals surface area (Å²) in [4.78, 5) is 24.9. The van der Waals surface area contributed by atoms with Crippen molar-refractivity contribution in [2.75, 3.05) is 11.1 Å². The Labute approximate surface area is 137 Å². The van der Waals surface area contributed by atoms with Crippen LogP contribution in [0.5, 0.6) is 0 Å². The molecule has 120 valence electrons. The molecule has 2 aromatic rings. The zero-order valence-electron chi connectivity index (χ0n) is 12.8. The van der Waals surface area contributed by atoms with E-state index in [0.717, 1.165) is 10.5 Å². The molecule has 0 saturated heterocycles. The quantitative estimate of drug-likeness (QED) is 0.899. The van der Waals surface area contributed by atoms with Gasteiger partial charge in [0.15, 0.2) is 5.54 Å². The van der Waals surface area contributed by atoms with Crippen LogP contribution in [0.3, 0.4) is 0 Å². The van der Waals surface area contributed by atoms with Gasteiger partial charge in [-0.05, 0) is 25.5 Å². The van der Waals surface area contributed by atoms with Gasteiger partial charge in [-0.15, -0.1) is 11.8 Å². The van der Waals surface area contributed by atoms with Crippen LogP contribution >= 0.6 is 11.8 Å². The van der Waals surface area contributed by atoms with Gasteiger partial charge in [-0.2, -0.15) is 5.10 Å². The molecule has 1 aliphatic rings. The van der Waals surface area contributed by atoms with E-state index >= 15 is 0 Å². The largest absolute Gasteiger partial charge is 0.479 e. The Morgan fingerprint density at radius 1 is 1.39 bits per heavy atom. The summed E-state index contributed by atoms with van der Waals surface area (Å²) in [6.45, 7) is 3.11. The Balaban J connectivity index is 1.75. The normalized spacial score (nSPS) is 16.9. The fourth-order valence-electron chi connectivity index (χ4n) is 2.40. The minimum absolute atomic E-state index is 0.102. The third kappa shape index (κ3) is 2.84. The highest BCUT2D eigenvalue weighted by atomic mass is 32.2. The Bertz CT molecular complexity index is 769. The van der Waals surface area contributed by atoms with Crippen LogP contribution in [0, 0.1) is 0 Å². The maximum atomic E-state index is 12.5. The lowest BCUT2D eigenvalue weighted by Gasteiger charge is -2.19. The molecule has 0 radical (unpaired) electrons. The molecular formula is C16H17N3O3S. The molecular weight excluding hydrogens is 314 g/mol. The van der Waals surface area contributed by atoms with Gasteiger partial charge in [0.25, 0.3) is 0 Å². The number of carbonyl (C=O) groups is 2. The molecule has 1 aromatic carbocycles. The number of carboxylic acids is 1. The SMILES string of the molecule is CC(C)(C(=O)O)n1cc(NC(=O)C2CSc3ccccc32)cn1. The minimum Gasteiger partial charge on any atom is -0.479 e. The predicted octanol–water partition coefficient (Wildman–Crippen LogP) is 2.53. The van der Waals surface area contributed by atoms with Crippen molar-refractivity contribution in [1.82, 2.24) is 9.78 Å². The third-order valence-corrected chi connectivity index (χ3v) is 5.15. The van der Waals surface area contributed by atoms with E-state index in [1.54, 1.807) is 31.8 Å². The molecule has 1 unspecified atom stereocenters. The van der Waals surface area contributed by atoms with E-state index in [1.807, 2.05) is 24.3 Å². The van der Waals surface area contributed by atoms with Gasteiger partial charge in [0.2, 0.25) is 5.91 Å². The molecule has 3 rings (SSSR count). The zero-order valence-corrected chi connectivity index (χ0v) is 13.6. The molecule has 1 amide bonds. The van der Waals surface area contributed by atoms with Gasteiger partial charge in [0, 0.05) is 16.8 Å². The van der Waals surface area contributed by atoms with Crippen LogP contribution in [0.4, 0.5) is 5.69 Å². The Morgan fingerprint density at radius 2 is 2.13 bits per heavy atom. The lowest BCUT2D eigenvalue weighted by atomic mass is 10.0. The number of aromatic nitrogens is 2. The number of nitrogens with zero attached hydrogens (tertiary/aromatic N) is 2. The fraction of sp³-hybridized carbons (Fsp3) is 0.312. The van der Waals surface area contributed by atoms with Gasteiger partial charge in [-0.25, -0.2) is 4.79 Å². The first kappa shape index (κ1) is 15.6. The summed E-state index contributed by atoms with van der Waals surface area (Å²) < 4.78 is 1.34. The van der Waals surface area contributed by atoms with Crippen molar-refractivity contribution >= 4 is 29.3 Å². The number of fused-ring (bicyclic) bond motifs is 1. The van der Waals surface area contributed by atoms with Gasteiger partial charge in [-0.1, -0.05) is 18.2 Å². The maximum Gasteiger partial charge on any atom is 0.331 e. The lowest BCUT2D eigenvalue weighted by molar-refractivity contribution is -0.146. The summed E-state index contributed by atoms with van der Waals surface area (Å²) >= 11 is 1.67. The molecule has 0 bridgehead atoms. The van der Waals surface area contributed by atoms with E-state index in [1.165, 1.54) is 10.9 Å². The van der Waals surface area contributed by atoms with E-state index in [9.17, 15) is 14.7 Å². The molecule has 1 atom stereocenters. The highest BCUT2D eigenvalue weighted by Crippen LogP contribution is 2.39. The summed E-state index contributed by atoms with van der Waals surface area (Å²) in [5.74, 6) is -0.582. The van der Waals surface area contributed by atoms with Crippen molar-refractivity contribution in [2.24, 2.45) is 0 Å². The number of hydrogen-bond donors (Lipinski definition) is 2. The highest BCUT2D eigenvalue weighted by Gasteiger charge is 2.32. The van der Waals surface area contributed by atoms with Gasteiger partial charge in [0.1, 0.15) is 0 Å². The predicted molar refractivity (Wildman–Crippen MR) is 87.7 cm³/mol. The number of carboxylic acid groups (broad SMARTS) is 1. The van der Waals surface area contributed by atoms with Crippen LogP contribution in [0.25, 0.3) is 0 Å². The average molecular weight is 331 g/mol. The number of anilines is 1. The second kappa shape index (κ2) is 5.73. The summed E-state index contributed by atoms with van der Waals surface area (Å²) in [5.41, 5.74) is 0.366. The van der Waals surface area contributed by atoms with Crippen molar-refractivity contribution in [3.05, 3.63) is 42.2 Å². The Hall–Kier alpha value is -2.28. The monoisotopic (exact) mass is 331 g/mol. The van der Waals surface area contributed by atoms with Crippen LogP contribution in [0.2, 0.25) is 0 Å². The van der Waals surface area contributed by atoms with E-state index in [-0.39, 0.29) is 11.8 Å². The number of rotatable bonds is 4. The number of nitrogens with one attached hydrogen (secondary N) is 1. The van der Waals surface area contributed by atoms with E-state index in [2.05, 4.69) is 10.4 Å². The average Bonchev–Trinajstić information content (AvgIpc) is 3.13. The fourth-order valence-corrected chi connectivity index (χ4v) is 3.63. The number of carbonyl (C=O) groups excluding carboxylic acids is 1. The van der Waals surface area contributed by atoms with Crippen LogP contribution in [0.1, 0.15) is 25.3 Å². The van der Waals surface area contributed by atoms with Crippen molar-refractivity contribution in [1.29, 1.82) is 0 Å². The first-order valence-electron chi connectivity index (χ1n) is 7.20. The minimum atomic E-state index is -1.17. The number of amides is 1. The van der Waals surface area contributed by atoms with Crippen molar-refractivity contribution < 1.29 is 14.7 Å². The standard InChI is InChI=1S/C16H17N3O3S/c1-16(2,15(21)22)19-8-10(7-17-19)18-14(20)12-9-23-13-6-4-3-5-11(12)13/h3-8,12H,9H2,1-2H3,(H,18,20)(H,21,22). The molecule has 0 aliphatic carbocycles. The number of aliphatic carboxylic acids is 1. The third-order valence-electron chi connectivity index (χ3n) is 3.96. The van der Waals surface area contributed by atoms with Crippen molar-refractivity contribution in [2.45, 2.75) is 30.2 Å². The van der Waals surface area contributed by atoms with Crippen LogP contribution in [0.15, 0.2) is 41.6 Å². The van der Waals surface area contributed by atoms with Crippen molar-refractivity contribution in [3.63, 3.8) is 0 Å². The molecule has 6 nitrogen and oxygen atoms in total. The zero-order chi connectivity index (χ0) is 16.6. The molecule has 1 aromatic heterocycles. The first-order chi connectivity index (χ1) is 10.9. The topological polar surface area (TPSA) is 84.2 Å². The summed E-state index contributed by atoms with van der Waals surface area (Å²) in [7, 11) is 0. The second-order valence-corrected chi connectivity index (χ2v) is 6.99. The van der Waals surface area contributed by atoms with Crippen LogP contribution < -0.4 is 5.32 Å². The van der Waals surface area contributed by atoms with Gasteiger partial charge in [-0.3, -0.25) is 9.48 Å². The number of benzene rings is 1. The lowest BCUT2D eigenvalue weighted by Crippen LogP contribution is -2.35. The highest BCUT2D eigenvalue weighted by molar-refractivity contribution is 7.99. The smallest absolute Gasteiger partial charge is 0.331 e.